The van der Waals surface area contributed by atoms with Crippen molar-refractivity contribution in [2.45, 2.75) is 52.4 Å². The topological polar surface area (TPSA) is 185 Å². The lowest BCUT2D eigenvalue weighted by atomic mass is 9.91. The molecule has 3 aromatic heterocycles. The molecule has 14 nitrogen and oxygen atoms in total. The Kier molecular flexibility index (Phi) is 8.78. The third-order valence-electron chi connectivity index (χ3n) is 6.51. The van der Waals surface area contributed by atoms with Crippen LogP contribution in [0.15, 0.2) is 69.0 Å². The summed E-state index contributed by atoms with van der Waals surface area (Å²) in [4.78, 5) is 13.5. The predicted octanol–water partition coefficient (Wildman–Crippen LogP) is 8.15. The van der Waals surface area contributed by atoms with Gasteiger partial charge in [-0.05, 0) is 36.4 Å². The molecule has 0 amide bonds. The number of benzene rings is 2. The molecule has 0 aliphatic carbocycles. The van der Waals surface area contributed by atoms with E-state index in [4.69, 9.17) is 49.6 Å². The monoisotopic (exact) mass is 661 g/mol. The highest BCUT2D eigenvalue weighted by atomic mass is 35.5. The van der Waals surface area contributed by atoms with Crippen LogP contribution in [0.4, 0.5) is 34.4 Å². The van der Waals surface area contributed by atoms with Gasteiger partial charge in [-0.3, -0.25) is 0 Å². The average molecular weight is 663 g/mol. The molecule has 0 saturated carbocycles. The molecule has 16 heteroatoms. The number of ether oxygens (including phenoxy) is 1. The molecule has 46 heavy (non-hydrogen) atoms. The van der Waals surface area contributed by atoms with Gasteiger partial charge in [0.1, 0.15) is 0 Å². The highest BCUT2D eigenvalue weighted by Crippen LogP contribution is 2.39. The number of nitrogen functional groups attached to an aromatic ring is 2. The van der Waals surface area contributed by atoms with Gasteiger partial charge in [0.15, 0.2) is 23.0 Å². The highest BCUT2D eigenvalue weighted by molar-refractivity contribution is 6.31. The maximum atomic E-state index is 6.62. The minimum absolute atomic E-state index is 0.0244. The number of rotatable bonds is 7. The van der Waals surface area contributed by atoms with E-state index in [9.17, 15) is 0 Å². The van der Waals surface area contributed by atoms with Gasteiger partial charge in [-0.25, -0.2) is 0 Å². The summed E-state index contributed by atoms with van der Waals surface area (Å²) < 4.78 is 8.13. The molecule has 0 bridgehead atoms. The molecule has 0 atom stereocenters. The molecule has 0 fully saturated rings. The number of hydrogen-bond acceptors (Lipinski definition) is 12. The number of hydrogen-bond donors (Lipinski definition) is 2. The van der Waals surface area contributed by atoms with Crippen LogP contribution in [-0.4, -0.2) is 41.6 Å². The molecular formula is C30H33Cl2N13O. The van der Waals surface area contributed by atoms with Crippen LogP contribution in [0.3, 0.4) is 0 Å². The van der Waals surface area contributed by atoms with E-state index in [-0.39, 0.29) is 29.5 Å². The number of nitrogens with zero attached hydrogens (tertiary/aromatic N) is 11. The zero-order valence-corrected chi connectivity index (χ0v) is 27.9. The second-order valence-electron chi connectivity index (χ2n) is 12.3. The van der Waals surface area contributed by atoms with Crippen LogP contribution < -0.4 is 16.2 Å². The van der Waals surface area contributed by atoms with Crippen LogP contribution in [0.1, 0.15) is 52.9 Å². The third kappa shape index (κ3) is 6.82. The van der Waals surface area contributed by atoms with Crippen LogP contribution in [0, 0.1) is 0 Å². The largest absolute Gasteiger partial charge is 0.467 e. The van der Waals surface area contributed by atoms with Gasteiger partial charge < -0.3 is 16.2 Å². The zero-order valence-electron chi connectivity index (χ0n) is 26.4. The van der Waals surface area contributed by atoms with Crippen LogP contribution in [0.5, 0.6) is 6.01 Å². The maximum Gasteiger partial charge on any atom is 0.322 e. The third-order valence-corrected chi connectivity index (χ3v) is 6.98. The van der Waals surface area contributed by atoms with E-state index < -0.39 is 10.8 Å². The molecule has 3 heterocycles. The molecule has 0 saturated heterocycles. The first-order valence-corrected chi connectivity index (χ1v) is 14.8. The van der Waals surface area contributed by atoms with Crippen molar-refractivity contribution in [3.05, 3.63) is 70.0 Å². The second-order valence-corrected chi connectivity index (χ2v) is 13.1. The minimum Gasteiger partial charge on any atom is -0.467 e. The molecule has 5 rings (SSSR count). The smallest absolute Gasteiger partial charge is 0.322 e. The first-order valence-electron chi connectivity index (χ1n) is 14.1. The molecule has 238 valence electrons. The summed E-state index contributed by atoms with van der Waals surface area (Å²) in [5.74, 6) is 0.385. The van der Waals surface area contributed by atoms with Gasteiger partial charge in [0.05, 0.1) is 29.9 Å². The molecule has 5 aromatic rings. The normalized spacial score (nSPS) is 12.5. The van der Waals surface area contributed by atoms with Crippen molar-refractivity contribution in [1.82, 2.24) is 34.5 Å². The fourth-order valence-electron chi connectivity index (χ4n) is 4.27. The van der Waals surface area contributed by atoms with E-state index in [2.05, 4.69) is 35.4 Å². The lowest BCUT2D eigenvalue weighted by molar-refractivity contribution is 0.375. The fourth-order valence-corrected chi connectivity index (χ4v) is 4.64. The summed E-state index contributed by atoms with van der Waals surface area (Å²) in [6.45, 7) is 11.9. The van der Waals surface area contributed by atoms with Crippen molar-refractivity contribution < 1.29 is 4.74 Å². The van der Waals surface area contributed by atoms with Crippen molar-refractivity contribution in [3.8, 4) is 17.9 Å². The molecule has 0 aliphatic heterocycles. The van der Waals surface area contributed by atoms with Gasteiger partial charge >= 0.3 is 6.01 Å². The van der Waals surface area contributed by atoms with Crippen molar-refractivity contribution in [1.29, 1.82) is 0 Å². The molecule has 0 spiro atoms. The van der Waals surface area contributed by atoms with E-state index in [1.54, 1.807) is 48.5 Å². The molecule has 0 aliphatic rings. The van der Waals surface area contributed by atoms with Crippen molar-refractivity contribution in [3.63, 3.8) is 0 Å². The van der Waals surface area contributed by atoms with E-state index >= 15 is 0 Å². The van der Waals surface area contributed by atoms with Crippen LogP contribution >= 0.6 is 23.2 Å². The van der Waals surface area contributed by atoms with Gasteiger partial charge in [0.2, 0.25) is 0 Å². The SMILES string of the molecule is COc1nc(-n2nc(C(C)(C)C)c(/N=N/c3cccc(Cl)c3)c2N)nc(-n2nc(C(C)(C)C)c(/N=N/c3cccc(Cl)c3)c2N)n1. The van der Waals surface area contributed by atoms with E-state index in [0.717, 1.165) is 0 Å². The predicted molar refractivity (Wildman–Crippen MR) is 178 cm³/mol. The van der Waals surface area contributed by atoms with Gasteiger partial charge in [-0.1, -0.05) is 76.9 Å². The van der Waals surface area contributed by atoms with E-state index in [1.165, 1.54) is 16.5 Å². The van der Waals surface area contributed by atoms with E-state index in [1.807, 2.05) is 41.5 Å². The van der Waals surface area contributed by atoms with Crippen molar-refractivity contribution in [2.75, 3.05) is 18.6 Å². The summed E-state index contributed by atoms with van der Waals surface area (Å²) in [6.07, 6.45) is 0. The summed E-state index contributed by atoms with van der Waals surface area (Å²) in [5.41, 5.74) is 15.2. The van der Waals surface area contributed by atoms with Crippen molar-refractivity contribution in [2.24, 2.45) is 20.5 Å². The molecule has 2 aromatic carbocycles. The maximum absolute atomic E-state index is 6.62. The van der Waals surface area contributed by atoms with Gasteiger partial charge in [0, 0.05) is 20.9 Å². The number of nitrogens with two attached hydrogens (primary N) is 2. The number of azo groups is 2. The second kappa shape index (κ2) is 12.4. The highest BCUT2D eigenvalue weighted by Gasteiger charge is 2.30. The Bertz CT molecular complexity index is 1830. The van der Waals surface area contributed by atoms with Crippen LogP contribution in [0.2, 0.25) is 10.0 Å². The summed E-state index contributed by atoms with van der Waals surface area (Å²) in [5, 5.41) is 28.1. The summed E-state index contributed by atoms with van der Waals surface area (Å²) in [6, 6.07) is 14.0. The Morgan fingerprint density at radius 1 is 0.652 bits per heavy atom. The number of anilines is 2. The molecular weight excluding hydrogens is 629 g/mol. The Balaban J connectivity index is 1.64. The van der Waals surface area contributed by atoms with Crippen LogP contribution in [-0.2, 0) is 10.8 Å². The molecule has 0 unspecified atom stereocenters. The number of aromatic nitrogens is 7. The number of methoxy groups -OCH3 is 1. The first-order chi connectivity index (χ1) is 21.7. The lowest BCUT2D eigenvalue weighted by Gasteiger charge is -2.15. The van der Waals surface area contributed by atoms with E-state index in [0.29, 0.717) is 44.2 Å². The molecule has 0 radical (unpaired) electrons. The Hall–Kier alpha value is -4.95. The van der Waals surface area contributed by atoms with Crippen LogP contribution in [0.25, 0.3) is 11.9 Å². The standard InChI is InChI=1S/C30H33Cl2N13O/c1-29(2,3)22-20(40-38-18-12-8-10-16(31)14-18)24(33)44(42-22)26-35-27(37-28(36-26)46-7)45-25(34)21(23(43-45)30(4,5)6)41-39-19-13-9-11-17(32)15-19/h8-15H,33-34H2,1-7H3/b40-38+,41-39+. The average Bonchev–Trinajstić information content (AvgIpc) is 3.51. The lowest BCUT2D eigenvalue weighted by Crippen LogP contribution is -2.16. The summed E-state index contributed by atoms with van der Waals surface area (Å²) in [7, 11) is 1.43. The van der Waals surface area contributed by atoms with Gasteiger partial charge in [0.25, 0.3) is 11.9 Å². The van der Waals surface area contributed by atoms with Gasteiger partial charge in [-0.15, -0.1) is 10.2 Å². The minimum atomic E-state index is -0.473. The Morgan fingerprint density at radius 3 is 1.41 bits per heavy atom. The molecule has 4 N–H and O–H groups in total. The van der Waals surface area contributed by atoms with Crippen molar-refractivity contribution >= 4 is 57.6 Å². The summed E-state index contributed by atoms with van der Waals surface area (Å²) >= 11 is 12.3. The Morgan fingerprint density at radius 2 is 1.07 bits per heavy atom. The quantitative estimate of drug-likeness (QED) is 0.163. The fraction of sp³-hybridized carbons (Fsp3) is 0.300. The zero-order chi connectivity index (χ0) is 33.4. The Labute approximate surface area is 275 Å². The first kappa shape index (κ1) is 32.4. The van der Waals surface area contributed by atoms with Gasteiger partial charge in [-0.2, -0.15) is 44.7 Å². The number of halogens is 2.